The number of amides is 2. The number of alkyl halides is 6. The van der Waals surface area contributed by atoms with Gasteiger partial charge in [0.2, 0.25) is 5.60 Å². The molecule has 2 aliphatic heterocycles. The first-order chi connectivity index (χ1) is 22.3. The molecule has 2 saturated heterocycles. The van der Waals surface area contributed by atoms with Crippen LogP contribution in [-0.4, -0.2) is 73.9 Å². The number of rotatable bonds is 8. The molecule has 0 aliphatic carbocycles. The van der Waals surface area contributed by atoms with E-state index in [1.807, 2.05) is 0 Å². The minimum Gasteiger partial charge on any atom is -0.475 e. The molecule has 9 nitrogen and oxygen atoms in total. The second-order valence-electron chi connectivity index (χ2n) is 11.5. The molecule has 47 heavy (non-hydrogen) atoms. The van der Waals surface area contributed by atoms with Crippen LogP contribution in [0.1, 0.15) is 66.9 Å². The maximum atomic E-state index is 14.6. The van der Waals surface area contributed by atoms with E-state index in [-0.39, 0.29) is 56.8 Å². The SMILES string of the molecule is CCC[C@H]1N(C(=O)c2cnccc2C(F)(F)F)CCC[C@@]1(Oc1ccc(C(F)(F)F)cc1)C(=O)N1CCC(Oc2ncccn2)CC1. The van der Waals surface area contributed by atoms with E-state index in [1.165, 1.54) is 17.3 Å². The summed E-state index contributed by atoms with van der Waals surface area (Å²) in [6.07, 6.45) is -3.20. The Hall–Kier alpha value is -4.43. The van der Waals surface area contributed by atoms with Crippen molar-refractivity contribution < 1.29 is 45.4 Å². The molecule has 4 heterocycles. The average Bonchev–Trinajstić information content (AvgIpc) is 3.05. The predicted molar refractivity (Wildman–Crippen MR) is 155 cm³/mol. The summed E-state index contributed by atoms with van der Waals surface area (Å²) in [5.74, 6) is -1.52. The molecule has 0 unspecified atom stereocenters. The molecule has 0 saturated carbocycles. The number of piperidine rings is 2. The zero-order valence-electron chi connectivity index (χ0n) is 25.4. The molecule has 0 N–H and O–H groups in total. The van der Waals surface area contributed by atoms with Crippen molar-refractivity contribution in [3.05, 3.63) is 77.9 Å². The van der Waals surface area contributed by atoms with Crippen molar-refractivity contribution in [2.75, 3.05) is 19.6 Å². The van der Waals surface area contributed by atoms with Crippen LogP contribution in [0.3, 0.4) is 0 Å². The Labute approximate surface area is 266 Å². The molecule has 1 aromatic carbocycles. The lowest BCUT2D eigenvalue weighted by Crippen LogP contribution is -2.68. The molecule has 0 radical (unpaired) electrons. The first kappa shape index (κ1) is 33.9. The number of pyridine rings is 1. The molecule has 2 fully saturated rings. The Morgan fingerprint density at radius 3 is 2.23 bits per heavy atom. The molecule has 252 valence electrons. The molecular weight excluding hydrogens is 632 g/mol. The zero-order chi connectivity index (χ0) is 33.8. The van der Waals surface area contributed by atoms with Gasteiger partial charge in [0.25, 0.3) is 11.8 Å². The third kappa shape index (κ3) is 7.43. The number of benzene rings is 1. The number of likely N-dealkylation sites (tertiary alicyclic amines) is 2. The Kier molecular flexibility index (Phi) is 9.92. The highest BCUT2D eigenvalue weighted by Crippen LogP contribution is 2.40. The smallest absolute Gasteiger partial charge is 0.417 e. The van der Waals surface area contributed by atoms with E-state index in [1.54, 1.807) is 17.9 Å². The van der Waals surface area contributed by atoms with Gasteiger partial charge in [-0.25, -0.2) is 9.97 Å². The molecule has 2 aliphatic rings. The van der Waals surface area contributed by atoms with Gasteiger partial charge in [0.15, 0.2) is 0 Å². The zero-order valence-corrected chi connectivity index (χ0v) is 25.4. The molecule has 0 bridgehead atoms. The van der Waals surface area contributed by atoms with Crippen LogP contribution in [0.15, 0.2) is 61.2 Å². The summed E-state index contributed by atoms with van der Waals surface area (Å²) in [5, 5.41) is 0. The topological polar surface area (TPSA) is 97.8 Å². The van der Waals surface area contributed by atoms with Gasteiger partial charge in [-0.05, 0) is 49.2 Å². The molecule has 5 rings (SSSR count). The number of ether oxygens (including phenoxy) is 2. The van der Waals surface area contributed by atoms with Crippen molar-refractivity contribution in [3.8, 4) is 11.8 Å². The van der Waals surface area contributed by atoms with Gasteiger partial charge in [-0.3, -0.25) is 14.6 Å². The van der Waals surface area contributed by atoms with Gasteiger partial charge in [0.05, 0.1) is 22.7 Å². The first-order valence-electron chi connectivity index (χ1n) is 15.2. The average molecular weight is 666 g/mol. The normalized spacial score (nSPS) is 21.0. The summed E-state index contributed by atoms with van der Waals surface area (Å²) in [7, 11) is 0. The molecule has 2 atom stereocenters. The fourth-order valence-electron chi connectivity index (χ4n) is 6.23. The second-order valence-corrected chi connectivity index (χ2v) is 11.5. The highest BCUT2D eigenvalue weighted by Gasteiger charge is 2.56. The van der Waals surface area contributed by atoms with Crippen molar-refractivity contribution in [2.45, 2.75) is 75.5 Å². The van der Waals surface area contributed by atoms with Crippen LogP contribution in [-0.2, 0) is 17.1 Å². The van der Waals surface area contributed by atoms with Gasteiger partial charge < -0.3 is 19.3 Å². The molecule has 0 spiro atoms. The summed E-state index contributed by atoms with van der Waals surface area (Å²) >= 11 is 0. The van der Waals surface area contributed by atoms with Crippen molar-refractivity contribution in [1.82, 2.24) is 24.8 Å². The highest BCUT2D eigenvalue weighted by molar-refractivity contribution is 5.97. The van der Waals surface area contributed by atoms with Gasteiger partial charge in [0.1, 0.15) is 11.9 Å². The van der Waals surface area contributed by atoms with Crippen LogP contribution in [0.5, 0.6) is 11.8 Å². The van der Waals surface area contributed by atoms with Crippen LogP contribution < -0.4 is 9.47 Å². The van der Waals surface area contributed by atoms with Crippen LogP contribution >= 0.6 is 0 Å². The lowest BCUT2D eigenvalue weighted by molar-refractivity contribution is -0.161. The van der Waals surface area contributed by atoms with Gasteiger partial charge in [-0.2, -0.15) is 26.3 Å². The number of carbonyl (C=O) groups excluding carboxylic acids is 2. The van der Waals surface area contributed by atoms with Crippen molar-refractivity contribution in [2.24, 2.45) is 0 Å². The Bertz CT molecular complexity index is 1530. The van der Waals surface area contributed by atoms with Crippen molar-refractivity contribution in [3.63, 3.8) is 0 Å². The summed E-state index contributed by atoms with van der Waals surface area (Å²) in [4.78, 5) is 43.2. The Morgan fingerprint density at radius 1 is 0.936 bits per heavy atom. The minimum atomic E-state index is -4.84. The van der Waals surface area contributed by atoms with Crippen molar-refractivity contribution in [1.29, 1.82) is 0 Å². The molecule has 2 amide bonds. The van der Waals surface area contributed by atoms with Gasteiger partial charge in [0, 0.05) is 63.7 Å². The lowest BCUT2D eigenvalue weighted by atomic mass is 9.79. The third-order valence-electron chi connectivity index (χ3n) is 8.43. The van der Waals surface area contributed by atoms with Crippen molar-refractivity contribution >= 4 is 11.8 Å². The van der Waals surface area contributed by atoms with Crippen LogP contribution in [0.25, 0.3) is 0 Å². The molecular formula is C32H33F6N5O4. The van der Waals surface area contributed by atoms with E-state index in [0.29, 0.717) is 19.3 Å². The molecule has 2 aromatic heterocycles. The quantitative estimate of drug-likeness (QED) is 0.264. The van der Waals surface area contributed by atoms with E-state index < -0.39 is 52.5 Å². The highest BCUT2D eigenvalue weighted by atomic mass is 19.4. The van der Waals surface area contributed by atoms with Gasteiger partial charge >= 0.3 is 18.4 Å². The maximum absolute atomic E-state index is 14.6. The number of halogens is 6. The van der Waals surface area contributed by atoms with Crippen LogP contribution in [0.4, 0.5) is 26.3 Å². The monoisotopic (exact) mass is 665 g/mol. The maximum Gasteiger partial charge on any atom is 0.417 e. The van der Waals surface area contributed by atoms with Crippen LogP contribution in [0.2, 0.25) is 0 Å². The van der Waals surface area contributed by atoms with Gasteiger partial charge in [-0.1, -0.05) is 13.3 Å². The molecule has 15 heteroatoms. The van der Waals surface area contributed by atoms with E-state index in [0.717, 1.165) is 42.7 Å². The second kappa shape index (κ2) is 13.7. The summed E-state index contributed by atoms with van der Waals surface area (Å²) in [6, 6.07) is 5.37. The fourth-order valence-corrected chi connectivity index (χ4v) is 6.23. The number of hydrogen-bond acceptors (Lipinski definition) is 7. The largest absolute Gasteiger partial charge is 0.475 e. The minimum absolute atomic E-state index is 0.0358. The molecule has 3 aromatic rings. The summed E-state index contributed by atoms with van der Waals surface area (Å²) < 4.78 is 94.0. The number of aromatic nitrogens is 3. The number of carbonyl (C=O) groups is 2. The number of hydrogen-bond donors (Lipinski definition) is 0. The Balaban J connectivity index is 1.49. The predicted octanol–water partition coefficient (Wildman–Crippen LogP) is 6.20. The summed E-state index contributed by atoms with van der Waals surface area (Å²) in [5.41, 5.74) is -4.56. The Morgan fingerprint density at radius 2 is 1.62 bits per heavy atom. The third-order valence-corrected chi connectivity index (χ3v) is 8.43. The number of nitrogens with zero attached hydrogens (tertiary/aromatic N) is 5. The summed E-state index contributed by atoms with van der Waals surface area (Å²) in [6.45, 7) is 2.28. The fraction of sp³-hybridized carbons (Fsp3) is 0.469. The van der Waals surface area contributed by atoms with E-state index in [4.69, 9.17) is 9.47 Å². The van der Waals surface area contributed by atoms with E-state index in [2.05, 4.69) is 15.0 Å². The van der Waals surface area contributed by atoms with E-state index in [9.17, 15) is 35.9 Å². The van der Waals surface area contributed by atoms with Gasteiger partial charge in [-0.15, -0.1) is 0 Å². The van der Waals surface area contributed by atoms with E-state index >= 15 is 0 Å². The lowest BCUT2D eigenvalue weighted by Gasteiger charge is -2.50. The standard InChI is InChI=1S/C32H33F6N5O4/c1-2-5-26-30(47-23-8-6-21(7-9-23)31(33,34)35,28(45)42-18-11-22(12-19-42)46-29-40-14-4-15-41-29)13-3-17-43(26)27(44)24-20-39-16-10-25(24)32(36,37)38/h4,6-10,14-16,20,22,26H,2-3,5,11-13,17-19H2,1H3/t26-,30+/m1/s1. The van der Waals surface area contributed by atoms with Crippen LogP contribution in [0, 0.1) is 0 Å². The first-order valence-corrected chi connectivity index (χ1v) is 15.2.